The SMILES string of the molecule is COC(=O)c1cccc(NC(=O)Cc2c[nH]c3cc(F)ccc23)c1. The number of hydrogen-bond acceptors (Lipinski definition) is 3. The van der Waals surface area contributed by atoms with E-state index in [9.17, 15) is 14.0 Å². The third kappa shape index (κ3) is 3.27. The lowest BCUT2D eigenvalue weighted by Gasteiger charge is -2.06. The molecule has 2 aromatic carbocycles. The normalized spacial score (nSPS) is 10.6. The van der Waals surface area contributed by atoms with Crippen LogP contribution in [0.15, 0.2) is 48.7 Å². The molecule has 0 radical (unpaired) electrons. The van der Waals surface area contributed by atoms with Crippen LogP contribution >= 0.6 is 0 Å². The molecule has 1 aromatic heterocycles. The third-order valence-electron chi connectivity index (χ3n) is 3.65. The molecule has 6 heteroatoms. The smallest absolute Gasteiger partial charge is 0.337 e. The van der Waals surface area contributed by atoms with E-state index < -0.39 is 5.97 Å². The monoisotopic (exact) mass is 326 g/mol. The molecule has 3 rings (SSSR count). The zero-order chi connectivity index (χ0) is 17.1. The second kappa shape index (κ2) is 6.54. The fraction of sp³-hybridized carbons (Fsp3) is 0.111. The zero-order valence-electron chi connectivity index (χ0n) is 12.9. The molecule has 122 valence electrons. The number of halogens is 1. The number of anilines is 1. The summed E-state index contributed by atoms with van der Waals surface area (Å²) in [5.41, 5.74) is 2.28. The van der Waals surface area contributed by atoms with Gasteiger partial charge < -0.3 is 15.0 Å². The molecule has 3 aromatic rings. The van der Waals surface area contributed by atoms with E-state index in [1.54, 1.807) is 36.5 Å². The van der Waals surface area contributed by atoms with E-state index >= 15 is 0 Å². The first-order valence-electron chi connectivity index (χ1n) is 7.30. The molecule has 2 N–H and O–H groups in total. The van der Waals surface area contributed by atoms with Crippen molar-refractivity contribution in [1.82, 2.24) is 4.98 Å². The third-order valence-corrected chi connectivity index (χ3v) is 3.65. The lowest BCUT2D eigenvalue weighted by atomic mass is 10.1. The van der Waals surface area contributed by atoms with Crippen LogP contribution in [-0.2, 0) is 16.0 Å². The number of esters is 1. The van der Waals surface area contributed by atoms with Crippen molar-refractivity contribution in [1.29, 1.82) is 0 Å². The molecular weight excluding hydrogens is 311 g/mol. The van der Waals surface area contributed by atoms with Gasteiger partial charge in [0.2, 0.25) is 5.91 Å². The first-order valence-corrected chi connectivity index (χ1v) is 7.30. The molecule has 0 saturated carbocycles. The van der Waals surface area contributed by atoms with Crippen molar-refractivity contribution >= 4 is 28.5 Å². The Morgan fingerprint density at radius 1 is 1.21 bits per heavy atom. The molecular formula is C18H15FN2O3. The molecule has 5 nitrogen and oxygen atoms in total. The first-order chi connectivity index (χ1) is 11.6. The van der Waals surface area contributed by atoms with Gasteiger partial charge in [0.1, 0.15) is 5.82 Å². The summed E-state index contributed by atoms with van der Waals surface area (Å²) in [7, 11) is 1.30. The highest BCUT2D eigenvalue weighted by atomic mass is 19.1. The van der Waals surface area contributed by atoms with Crippen LogP contribution in [0, 0.1) is 5.82 Å². The molecule has 0 fully saturated rings. The molecule has 0 aliphatic rings. The number of aromatic amines is 1. The minimum atomic E-state index is -0.468. The Balaban J connectivity index is 1.74. The van der Waals surface area contributed by atoms with Gasteiger partial charge in [-0.25, -0.2) is 9.18 Å². The van der Waals surface area contributed by atoms with Gasteiger partial charge in [-0.2, -0.15) is 0 Å². The molecule has 0 spiro atoms. The highest BCUT2D eigenvalue weighted by Gasteiger charge is 2.11. The lowest BCUT2D eigenvalue weighted by molar-refractivity contribution is -0.115. The number of rotatable bonds is 4. The number of fused-ring (bicyclic) bond motifs is 1. The van der Waals surface area contributed by atoms with Gasteiger partial charge in [0, 0.05) is 22.8 Å². The molecule has 0 saturated heterocycles. The van der Waals surface area contributed by atoms with Crippen molar-refractivity contribution in [3.05, 3.63) is 65.6 Å². The van der Waals surface area contributed by atoms with Crippen molar-refractivity contribution in [2.75, 3.05) is 12.4 Å². The topological polar surface area (TPSA) is 71.2 Å². The van der Waals surface area contributed by atoms with Crippen LogP contribution in [0.1, 0.15) is 15.9 Å². The van der Waals surface area contributed by atoms with Gasteiger partial charge in [0.15, 0.2) is 0 Å². The van der Waals surface area contributed by atoms with Crippen molar-refractivity contribution < 1.29 is 18.7 Å². The van der Waals surface area contributed by atoms with E-state index in [1.807, 2.05) is 0 Å². The Bertz CT molecular complexity index is 918. The summed E-state index contributed by atoms with van der Waals surface area (Å²) in [6.07, 6.45) is 1.82. The van der Waals surface area contributed by atoms with E-state index in [4.69, 9.17) is 0 Å². The van der Waals surface area contributed by atoms with Crippen LogP contribution in [0.3, 0.4) is 0 Å². The van der Waals surface area contributed by atoms with Crippen LogP contribution in [0.25, 0.3) is 10.9 Å². The number of methoxy groups -OCH3 is 1. The second-order valence-electron chi connectivity index (χ2n) is 5.30. The zero-order valence-corrected chi connectivity index (χ0v) is 12.9. The largest absolute Gasteiger partial charge is 0.465 e. The Morgan fingerprint density at radius 3 is 2.83 bits per heavy atom. The molecule has 0 atom stereocenters. The van der Waals surface area contributed by atoms with E-state index in [0.717, 1.165) is 10.9 Å². The Hall–Kier alpha value is -3.15. The summed E-state index contributed by atoms with van der Waals surface area (Å²) in [4.78, 5) is 26.7. The maximum atomic E-state index is 13.2. The fourth-order valence-corrected chi connectivity index (χ4v) is 2.52. The van der Waals surface area contributed by atoms with Crippen LogP contribution in [0.2, 0.25) is 0 Å². The molecule has 0 aliphatic carbocycles. The van der Waals surface area contributed by atoms with Crippen LogP contribution in [-0.4, -0.2) is 24.0 Å². The number of hydrogen-bond donors (Lipinski definition) is 2. The van der Waals surface area contributed by atoms with Gasteiger partial charge >= 0.3 is 5.97 Å². The Kier molecular flexibility index (Phi) is 4.29. The predicted octanol–water partition coefficient (Wildman–Crippen LogP) is 3.27. The van der Waals surface area contributed by atoms with Crippen molar-refractivity contribution in [2.45, 2.75) is 6.42 Å². The van der Waals surface area contributed by atoms with E-state index in [2.05, 4.69) is 15.0 Å². The predicted molar refractivity (Wildman–Crippen MR) is 88.4 cm³/mol. The standard InChI is InChI=1S/C18H15FN2O3/c1-24-18(23)11-3-2-4-14(7-11)21-17(22)8-12-10-20-16-9-13(19)5-6-15(12)16/h2-7,9-10,20H,8H2,1H3,(H,21,22). The minimum Gasteiger partial charge on any atom is -0.465 e. The van der Waals surface area contributed by atoms with E-state index in [0.29, 0.717) is 16.8 Å². The van der Waals surface area contributed by atoms with Crippen LogP contribution in [0.5, 0.6) is 0 Å². The highest BCUT2D eigenvalue weighted by molar-refractivity contribution is 5.97. The number of carbonyl (C=O) groups is 2. The lowest BCUT2D eigenvalue weighted by Crippen LogP contribution is -2.14. The summed E-state index contributed by atoms with van der Waals surface area (Å²) in [5, 5.41) is 3.54. The van der Waals surface area contributed by atoms with Gasteiger partial charge in [-0.15, -0.1) is 0 Å². The molecule has 0 aliphatic heterocycles. The summed E-state index contributed by atoms with van der Waals surface area (Å²) in [6, 6.07) is 10.9. The van der Waals surface area contributed by atoms with Crippen molar-refractivity contribution in [3.8, 4) is 0 Å². The molecule has 0 bridgehead atoms. The van der Waals surface area contributed by atoms with Gasteiger partial charge in [-0.3, -0.25) is 4.79 Å². The van der Waals surface area contributed by atoms with Gasteiger partial charge in [-0.05, 0) is 42.0 Å². The average Bonchev–Trinajstić information content (AvgIpc) is 2.96. The number of nitrogens with one attached hydrogen (secondary N) is 2. The van der Waals surface area contributed by atoms with Crippen molar-refractivity contribution in [3.63, 3.8) is 0 Å². The summed E-state index contributed by atoms with van der Waals surface area (Å²) >= 11 is 0. The van der Waals surface area contributed by atoms with Gasteiger partial charge in [0.05, 0.1) is 19.1 Å². The Morgan fingerprint density at radius 2 is 2.04 bits per heavy atom. The number of benzene rings is 2. The number of ether oxygens (including phenoxy) is 1. The molecule has 1 amide bonds. The Labute approximate surface area is 137 Å². The second-order valence-corrected chi connectivity index (χ2v) is 5.30. The van der Waals surface area contributed by atoms with E-state index in [-0.39, 0.29) is 18.1 Å². The maximum absolute atomic E-state index is 13.2. The summed E-state index contributed by atoms with van der Waals surface area (Å²) in [6.45, 7) is 0. The number of H-pyrrole nitrogens is 1. The number of aromatic nitrogens is 1. The average molecular weight is 326 g/mol. The van der Waals surface area contributed by atoms with Gasteiger partial charge in [0.25, 0.3) is 0 Å². The van der Waals surface area contributed by atoms with Gasteiger partial charge in [-0.1, -0.05) is 6.07 Å². The van der Waals surface area contributed by atoms with Crippen LogP contribution < -0.4 is 5.32 Å². The van der Waals surface area contributed by atoms with E-state index in [1.165, 1.54) is 19.2 Å². The van der Waals surface area contributed by atoms with Crippen LogP contribution in [0.4, 0.5) is 10.1 Å². The first kappa shape index (κ1) is 15.7. The highest BCUT2D eigenvalue weighted by Crippen LogP contribution is 2.20. The van der Waals surface area contributed by atoms with Crippen molar-refractivity contribution in [2.24, 2.45) is 0 Å². The molecule has 24 heavy (non-hydrogen) atoms. The minimum absolute atomic E-state index is 0.133. The number of amides is 1. The maximum Gasteiger partial charge on any atom is 0.337 e. The number of carbonyl (C=O) groups excluding carboxylic acids is 2. The molecule has 0 unspecified atom stereocenters. The molecule has 1 heterocycles. The fourth-order valence-electron chi connectivity index (χ4n) is 2.52. The quantitative estimate of drug-likeness (QED) is 0.723. The summed E-state index contributed by atoms with van der Waals surface area (Å²) in [5.74, 6) is -1.04. The summed E-state index contributed by atoms with van der Waals surface area (Å²) < 4.78 is 17.8.